The van der Waals surface area contributed by atoms with E-state index in [-0.39, 0.29) is 24.6 Å². The van der Waals surface area contributed by atoms with E-state index < -0.39 is 5.91 Å². The van der Waals surface area contributed by atoms with Crippen molar-refractivity contribution < 1.29 is 9.59 Å². The Morgan fingerprint density at radius 1 is 1.30 bits per heavy atom. The summed E-state index contributed by atoms with van der Waals surface area (Å²) in [5.41, 5.74) is 8.89. The maximum absolute atomic E-state index is 12.3. The molecule has 6 heteroatoms. The van der Waals surface area contributed by atoms with Crippen molar-refractivity contribution in [3.05, 3.63) is 40.6 Å². The number of nitrogens with one attached hydrogen (secondary N) is 1. The van der Waals surface area contributed by atoms with Crippen LogP contribution in [0.3, 0.4) is 0 Å². The zero-order chi connectivity index (χ0) is 17.6. The molecule has 0 atom stereocenters. The number of hydrogen-bond donors (Lipinski definition) is 2. The Balaban J connectivity index is 3.07. The summed E-state index contributed by atoms with van der Waals surface area (Å²) in [4.78, 5) is 25.1. The summed E-state index contributed by atoms with van der Waals surface area (Å²) in [7, 11) is 0. The van der Waals surface area contributed by atoms with E-state index in [4.69, 9.17) is 5.73 Å². The quantitative estimate of drug-likeness (QED) is 0.639. The standard InChI is InChI=1S/C17H22N4O2/c1-11-7-12(2)16(13(3)8-11)20-17(23)15(9-19)10-21(6-5-18)14(4)22/h7-8,10H,5-6,18H2,1-4H3,(H,20,23)/b15-10-. The van der Waals surface area contributed by atoms with Crippen LogP contribution in [0, 0.1) is 32.1 Å². The van der Waals surface area contributed by atoms with E-state index in [1.165, 1.54) is 18.0 Å². The van der Waals surface area contributed by atoms with E-state index in [0.717, 1.165) is 16.7 Å². The van der Waals surface area contributed by atoms with Gasteiger partial charge in [-0.25, -0.2) is 0 Å². The molecule has 0 aromatic heterocycles. The normalized spacial score (nSPS) is 10.9. The van der Waals surface area contributed by atoms with Crippen LogP contribution in [-0.2, 0) is 9.59 Å². The summed E-state index contributed by atoms with van der Waals surface area (Å²) in [5.74, 6) is -0.829. The molecule has 0 aliphatic carbocycles. The number of aryl methyl sites for hydroxylation is 3. The van der Waals surface area contributed by atoms with E-state index in [1.54, 1.807) is 0 Å². The van der Waals surface area contributed by atoms with Gasteiger partial charge < -0.3 is 16.0 Å². The van der Waals surface area contributed by atoms with Gasteiger partial charge in [-0.1, -0.05) is 17.7 Å². The lowest BCUT2D eigenvalue weighted by Gasteiger charge is -2.16. The van der Waals surface area contributed by atoms with Gasteiger partial charge in [0.1, 0.15) is 11.6 Å². The van der Waals surface area contributed by atoms with Gasteiger partial charge >= 0.3 is 0 Å². The lowest BCUT2D eigenvalue weighted by molar-refractivity contribution is -0.126. The predicted octanol–water partition coefficient (Wildman–Crippen LogP) is 1.77. The molecule has 0 aliphatic heterocycles. The smallest absolute Gasteiger partial charge is 0.267 e. The second-order valence-electron chi connectivity index (χ2n) is 5.38. The first-order valence-corrected chi connectivity index (χ1v) is 7.28. The van der Waals surface area contributed by atoms with Crippen LogP contribution in [0.2, 0.25) is 0 Å². The number of amides is 2. The first-order chi connectivity index (χ1) is 10.8. The number of anilines is 1. The zero-order valence-electron chi connectivity index (χ0n) is 13.9. The topological polar surface area (TPSA) is 99.2 Å². The Morgan fingerprint density at radius 2 is 1.87 bits per heavy atom. The van der Waals surface area contributed by atoms with Crippen LogP contribution in [0.25, 0.3) is 0 Å². The fourth-order valence-electron chi connectivity index (χ4n) is 2.30. The Kier molecular flexibility index (Phi) is 6.49. The summed E-state index contributed by atoms with van der Waals surface area (Å²) >= 11 is 0. The molecule has 6 nitrogen and oxygen atoms in total. The molecule has 3 N–H and O–H groups in total. The highest BCUT2D eigenvalue weighted by Crippen LogP contribution is 2.22. The lowest BCUT2D eigenvalue weighted by Crippen LogP contribution is -2.30. The van der Waals surface area contributed by atoms with E-state index in [2.05, 4.69) is 5.32 Å². The van der Waals surface area contributed by atoms with Gasteiger partial charge in [-0.05, 0) is 31.9 Å². The molecule has 23 heavy (non-hydrogen) atoms. The summed E-state index contributed by atoms with van der Waals surface area (Å²) in [5, 5.41) is 12.0. The zero-order valence-corrected chi connectivity index (χ0v) is 13.9. The number of carbonyl (C=O) groups excluding carboxylic acids is 2. The number of rotatable bonds is 5. The molecule has 122 valence electrons. The van der Waals surface area contributed by atoms with Gasteiger partial charge in [-0.15, -0.1) is 0 Å². The monoisotopic (exact) mass is 314 g/mol. The molecule has 0 unspecified atom stereocenters. The second kappa shape index (κ2) is 8.11. The Bertz CT molecular complexity index is 663. The number of nitriles is 1. The number of benzene rings is 1. The van der Waals surface area contributed by atoms with Crippen LogP contribution >= 0.6 is 0 Å². The van der Waals surface area contributed by atoms with Crippen LogP contribution in [0.5, 0.6) is 0 Å². The Hall–Kier alpha value is -2.65. The van der Waals surface area contributed by atoms with E-state index >= 15 is 0 Å². The van der Waals surface area contributed by atoms with E-state index in [1.807, 2.05) is 39.0 Å². The third-order valence-corrected chi connectivity index (χ3v) is 3.34. The highest BCUT2D eigenvalue weighted by molar-refractivity contribution is 6.07. The molecule has 1 aromatic carbocycles. The van der Waals surface area contributed by atoms with E-state index in [9.17, 15) is 14.9 Å². The van der Waals surface area contributed by atoms with Gasteiger partial charge in [0.15, 0.2) is 0 Å². The summed E-state index contributed by atoms with van der Waals surface area (Å²) < 4.78 is 0. The molecule has 0 spiro atoms. The van der Waals surface area contributed by atoms with Gasteiger partial charge in [0.05, 0.1) is 0 Å². The minimum absolute atomic E-state index is 0.145. The first-order valence-electron chi connectivity index (χ1n) is 7.28. The van der Waals surface area contributed by atoms with Crippen molar-refractivity contribution in [2.75, 3.05) is 18.4 Å². The summed E-state index contributed by atoms with van der Waals surface area (Å²) in [6.45, 7) is 7.60. The maximum Gasteiger partial charge on any atom is 0.267 e. The molecule has 2 amide bonds. The van der Waals surface area contributed by atoms with Gasteiger partial charge in [0.25, 0.3) is 5.91 Å². The van der Waals surface area contributed by atoms with Gasteiger partial charge in [-0.2, -0.15) is 5.26 Å². The highest BCUT2D eigenvalue weighted by Gasteiger charge is 2.15. The van der Waals surface area contributed by atoms with Crippen molar-refractivity contribution in [2.24, 2.45) is 5.73 Å². The largest absolute Gasteiger partial charge is 0.329 e. The Morgan fingerprint density at radius 3 is 2.30 bits per heavy atom. The molecule has 1 aromatic rings. The lowest BCUT2D eigenvalue weighted by atomic mass is 10.0. The summed E-state index contributed by atoms with van der Waals surface area (Å²) in [6, 6.07) is 5.74. The average molecular weight is 314 g/mol. The Labute approximate surface area is 136 Å². The first kappa shape index (κ1) is 18.4. The molecular weight excluding hydrogens is 292 g/mol. The molecule has 0 heterocycles. The van der Waals surface area contributed by atoms with Gasteiger partial charge in [0, 0.05) is 31.9 Å². The van der Waals surface area contributed by atoms with Crippen molar-refractivity contribution in [3.63, 3.8) is 0 Å². The molecule has 0 radical (unpaired) electrons. The molecule has 0 saturated carbocycles. The van der Waals surface area contributed by atoms with E-state index in [0.29, 0.717) is 5.69 Å². The van der Waals surface area contributed by atoms with Gasteiger partial charge in [0.2, 0.25) is 5.91 Å². The molecule has 0 aliphatic rings. The minimum Gasteiger partial charge on any atom is -0.329 e. The fourth-order valence-corrected chi connectivity index (χ4v) is 2.30. The molecule has 1 rings (SSSR count). The van der Waals surface area contributed by atoms with Crippen molar-refractivity contribution >= 4 is 17.5 Å². The van der Waals surface area contributed by atoms with Gasteiger partial charge in [-0.3, -0.25) is 9.59 Å². The van der Waals surface area contributed by atoms with Crippen LogP contribution in [0.15, 0.2) is 23.9 Å². The molecule has 0 saturated heterocycles. The average Bonchev–Trinajstić information content (AvgIpc) is 2.46. The number of nitrogens with zero attached hydrogens (tertiary/aromatic N) is 2. The predicted molar refractivity (Wildman–Crippen MR) is 89.4 cm³/mol. The highest BCUT2D eigenvalue weighted by atomic mass is 16.2. The van der Waals surface area contributed by atoms with Crippen molar-refractivity contribution in [2.45, 2.75) is 27.7 Å². The van der Waals surface area contributed by atoms with Crippen LogP contribution < -0.4 is 11.1 Å². The fraction of sp³-hybridized carbons (Fsp3) is 0.353. The van der Waals surface area contributed by atoms with Crippen LogP contribution in [0.4, 0.5) is 5.69 Å². The molecule has 0 bridgehead atoms. The molecular formula is C17H22N4O2. The van der Waals surface area contributed by atoms with Crippen molar-refractivity contribution in [1.29, 1.82) is 5.26 Å². The molecule has 0 fully saturated rings. The number of nitrogens with two attached hydrogens (primary N) is 1. The second-order valence-corrected chi connectivity index (χ2v) is 5.38. The number of carbonyl (C=O) groups is 2. The minimum atomic E-state index is -0.550. The maximum atomic E-state index is 12.3. The van der Waals surface area contributed by atoms with Crippen molar-refractivity contribution in [3.8, 4) is 6.07 Å². The van der Waals surface area contributed by atoms with Crippen LogP contribution in [-0.4, -0.2) is 29.8 Å². The third kappa shape index (κ3) is 4.94. The van der Waals surface area contributed by atoms with Crippen LogP contribution in [0.1, 0.15) is 23.6 Å². The van der Waals surface area contributed by atoms with Crippen molar-refractivity contribution in [1.82, 2.24) is 4.90 Å². The number of hydrogen-bond acceptors (Lipinski definition) is 4. The summed E-state index contributed by atoms with van der Waals surface area (Å²) in [6.07, 6.45) is 1.24. The SMILES string of the molecule is CC(=O)N(/C=C(/C#N)C(=O)Nc1c(C)cc(C)cc1C)CCN. The third-order valence-electron chi connectivity index (χ3n) is 3.34.